The van der Waals surface area contributed by atoms with Crippen LogP contribution in [-0.2, 0) is 0 Å². The summed E-state index contributed by atoms with van der Waals surface area (Å²) in [7, 11) is 0. The van der Waals surface area contributed by atoms with E-state index < -0.39 is 0 Å². The second-order valence-electron chi connectivity index (χ2n) is 3.80. The number of nitrogens with zero attached hydrogens (tertiary/aromatic N) is 3. The highest BCUT2D eigenvalue weighted by Crippen LogP contribution is 2.43. The normalized spacial score (nSPS) is 26.5. The Morgan fingerprint density at radius 2 is 2.15 bits per heavy atom. The molecule has 3 heteroatoms. The Morgan fingerprint density at radius 3 is 2.92 bits per heavy atom. The van der Waals surface area contributed by atoms with E-state index in [-0.39, 0.29) is 0 Å². The number of rotatable bonds is 1. The smallest absolute Gasteiger partial charge is 0.113 e. The molecule has 0 amide bonds. The van der Waals surface area contributed by atoms with E-state index in [1.165, 1.54) is 6.42 Å². The van der Waals surface area contributed by atoms with Crippen LogP contribution in [0.1, 0.15) is 19.4 Å². The fourth-order valence-electron chi connectivity index (χ4n) is 1.78. The number of hydrogen-bond acceptors (Lipinski definition) is 2. The molecule has 1 saturated carbocycles. The topological polar surface area (TPSA) is 30.7 Å². The summed E-state index contributed by atoms with van der Waals surface area (Å²) < 4.78 is 2.06. The van der Waals surface area contributed by atoms with E-state index in [0.717, 1.165) is 17.0 Å². The van der Waals surface area contributed by atoms with Gasteiger partial charge in [0.05, 0.1) is 11.6 Å². The quantitative estimate of drug-likeness (QED) is 0.660. The van der Waals surface area contributed by atoms with Crippen LogP contribution in [0.25, 0.3) is 11.0 Å². The minimum atomic E-state index is 0.590. The zero-order valence-corrected chi connectivity index (χ0v) is 7.51. The van der Waals surface area contributed by atoms with Crippen molar-refractivity contribution in [1.82, 2.24) is 15.0 Å². The van der Waals surface area contributed by atoms with Crippen LogP contribution < -0.4 is 0 Å². The molecule has 1 heterocycles. The first-order valence-electron chi connectivity index (χ1n) is 4.66. The molecule has 1 aromatic heterocycles. The van der Waals surface area contributed by atoms with Crippen molar-refractivity contribution in [2.45, 2.75) is 19.4 Å². The van der Waals surface area contributed by atoms with Gasteiger partial charge in [-0.25, -0.2) is 4.68 Å². The third-order valence-electron chi connectivity index (χ3n) is 2.76. The van der Waals surface area contributed by atoms with Crippen molar-refractivity contribution in [3.05, 3.63) is 24.3 Å². The Hall–Kier alpha value is -1.38. The Bertz CT molecular complexity index is 446. The van der Waals surface area contributed by atoms with Crippen molar-refractivity contribution in [3.8, 4) is 0 Å². The van der Waals surface area contributed by atoms with Crippen LogP contribution in [0.5, 0.6) is 0 Å². The molecule has 2 unspecified atom stereocenters. The molecule has 2 aromatic rings. The Morgan fingerprint density at radius 1 is 1.38 bits per heavy atom. The molecule has 2 atom stereocenters. The minimum absolute atomic E-state index is 0.590. The second kappa shape index (κ2) is 2.31. The monoisotopic (exact) mass is 173 g/mol. The molecular formula is C10H11N3. The lowest BCUT2D eigenvalue weighted by Crippen LogP contribution is -1.97. The van der Waals surface area contributed by atoms with E-state index in [1.54, 1.807) is 0 Å². The van der Waals surface area contributed by atoms with E-state index in [2.05, 4.69) is 28.0 Å². The fourth-order valence-corrected chi connectivity index (χ4v) is 1.78. The van der Waals surface area contributed by atoms with Crippen LogP contribution in [-0.4, -0.2) is 15.0 Å². The molecule has 0 radical (unpaired) electrons. The number of benzene rings is 1. The first-order valence-corrected chi connectivity index (χ1v) is 4.66. The van der Waals surface area contributed by atoms with Crippen LogP contribution in [0, 0.1) is 5.92 Å². The summed E-state index contributed by atoms with van der Waals surface area (Å²) in [5.74, 6) is 0.769. The van der Waals surface area contributed by atoms with E-state index in [0.29, 0.717) is 6.04 Å². The minimum Gasteiger partial charge on any atom is -0.241 e. The summed E-state index contributed by atoms with van der Waals surface area (Å²) in [5.41, 5.74) is 2.17. The summed E-state index contributed by atoms with van der Waals surface area (Å²) in [5, 5.41) is 8.30. The highest BCUT2D eigenvalue weighted by molar-refractivity contribution is 5.74. The van der Waals surface area contributed by atoms with Crippen molar-refractivity contribution in [1.29, 1.82) is 0 Å². The number of hydrogen-bond donors (Lipinski definition) is 0. The van der Waals surface area contributed by atoms with Crippen molar-refractivity contribution in [3.63, 3.8) is 0 Å². The average Bonchev–Trinajstić information content (AvgIpc) is 2.74. The predicted octanol–water partition coefficient (Wildman–Crippen LogP) is 2.01. The zero-order valence-electron chi connectivity index (χ0n) is 7.51. The van der Waals surface area contributed by atoms with Gasteiger partial charge in [-0.05, 0) is 24.5 Å². The van der Waals surface area contributed by atoms with Gasteiger partial charge in [-0.15, -0.1) is 5.10 Å². The summed E-state index contributed by atoms with van der Waals surface area (Å²) in [6.45, 7) is 2.25. The maximum absolute atomic E-state index is 4.17. The lowest BCUT2D eigenvalue weighted by molar-refractivity contribution is 0.597. The lowest BCUT2D eigenvalue weighted by atomic mass is 10.3. The van der Waals surface area contributed by atoms with Gasteiger partial charge in [0.25, 0.3) is 0 Å². The first kappa shape index (κ1) is 7.06. The highest BCUT2D eigenvalue weighted by atomic mass is 15.4. The lowest BCUT2D eigenvalue weighted by Gasteiger charge is -1.97. The van der Waals surface area contributed by atoms with Gasteiger partial charge in [0.15, 0.2) is 0 Å². The van der Waals surface area contributed by atoms with Gasteiger partial charge in [-0.3, -0.25) is 0 Å². The molecular weight excluding hydrogens is 162 g/mol. The molecule has 1 aromatic carbocycles. The molecule has 66 valence electrons. The van der Waals surface area contributed by atoms with Crippen LogP contribution in [0.15, 0.2) is 24.3 Å². The van der Waals surface area contributed by atoms with Crippen LogP contribution in [0.4, 0.5) is 0 Å². The molecule has 0 bridgehead atoms. The molecule has 1 aliphatic rings. The van der Waals surface area contributed by atoms with E-state index >= 15 is 0 Å². The van der Waals surface area contributed by atoms with Gasteiger partial charge in [0.1, 0.15) is 5.52 Å². The van der Waals surface area contributed by atoms with Gasteiger partial charge in [-0.2, -0.15) is 0 Å². The van der Waals surface area contributed by atoms with Gasteiger partial charge < -0.3 is 0 Å². The molecule has 0 aliphatic heterocycles. The molecule has 13 heavy (non-hydrogen) atoms. The maximum Gasteiger partial charge on any atom is 0.113 e. The SMILES string of the molecule is CC1CC1n1nnc2ccccc21. The third-order valence-corrected chi connectivity index (χ3v) is 2.76. The standard InChI is InChI=1S/C10H11N3/c1-7-6-10(7)13-9-5-3-2-4-8(9)11-12-13/h2-5,7,10H,6H2,1H3. The summed E-state index contributed by atoms with van der Waals surface area (Å²) >= 11 is 0. The molecule has 0 saturated heterocycles. The number of aromatic nitrogens is 3. The maximum atomic E-state index is 4.17. The predicted molar refractivity (Wildman–Crippen MR) is 50.3 cm³/mol. The number of fused-ring (bicyclic) bond motifs is 1. The first-order chi connectivity index (χ1) is 6.36. The van der Waals surface area contributed by atoms with Gasteiger partial charge in [0.2, 0.25) is 0 Å². The van der Waals surface area contributed by atoms with Gasteiger partial charge in [-0.1, -0.05) is 24.3 Å². The summed E-state index contributed by atoms with van der Waals surface area (Å²) in [4.78, 5) is 0. The van der Waals surface area contributed by atoms with Crippen LogP contribution in [0.2, 0.25) is 0 Å². The molecule has 3 rings (SSSR count). The zero-order chi connectivity index (χ0) is 8.84. The fraction of sp³-hybridized carbons (Fsp3) is 0.400. The molecule has 0 N–H and O–H groups in total. The third kappa shape index (κ3) is 0.963. The van der Waals surface area contributed by atoms with E-state index in [9.17, 15) is 0 Å². The molecule has 1 fully saturated rings. The molecule has 0 spiro atoms. The summed E-state index contributed by atoms with van der Waals surface area (Å²) in [6.07, 6.45) is 1.24. The van der Waals surface area contributed by atoms with Gasteiger partial charge in [0, 0.05) is 0 Å². The van der Waals surface area contributed by atoms with Crippen molar-refractivity contribution >= 4 is 11.0 Å². The van der Waals surface area contributed by atoms with E-state index in [1.807, 2.05) is 18.2 Å². The average molecular weight is 173 g/mol. The highest BCUT2D eigenvalue weighted by Gasteiger charge is 2.36. The van der Waals surface area contributed by atoms with E-state index in [4.69, 9.17) is 0 Å². The Kier molecular flexibility index (Phi) is 1.26. The molecule has 1 aliphatic carbocycles. The molecule has 3 nitrogen and oxygen atoms in total. The summed E-state index contributed by atoms with van der Waals surface area (Å²) in [6, 6.07) is 8.71. The van der Waals surface area contributed by atoms with Crippen molar-refractivity contribution in [2.24, 2.45) is 5.92 Å². The van der Waals surface area contributed by atoms with Crippen molar-refractivity contribution < 1.29 is 0 Å². The van der Waals surface area contributed by atoms with Crippen LogP contribution in [0.3, 0.4) is 0 Å². The van der Waals surface area contributed by atoms with Crippen LogP contribution >= 0.6 is 0 Å². The Labute approximate surface area is 76.4 Å². The largest absolute Gasteiger partial charge is 0.241 e. The van der Waals surface area contributed by atoms with Gasteiger partial charge >= 0.3 is 0 Å². The number of para-hydroxylation sites is 1. The second-order valence-corrected chi connectivity index (χ2v) is 3.80. The Balaban J connectivity index is 2.19. The van der Waals surface area contributed by atoms with Crippen molar-refractivity contribution in [2.75, 3.05) is 0 Å².